The van der Waals surface area contributed by atoms with Crippen molar-refractivity contribution >= 4 is 43.4 Å². The van der Waals surface area contributed by atoms with Gasteiger partial charge in [-0.25, -0.2) is 0 Å². The maximum Gasteiger partial charge on any atom is 1.00 e. The van der Waals surface area contributed by atoms with Crippen LogP contribution >= 0.6 is 31.9 Å². The van der Waals surface area contributed by atoms with E-state index in [-0.39, 0.29) is 92.6 Å². The molecule has 8 aromatic carbocycles. The summed E-state index contributed by atoms with van der Waals surface area (Å²) >= 11 is 7.03. The zero-order valence-corrected chi connectivity index (χ0v) is 61.0. The van der Waals surface area contributed by atoms with Crippen molar-refractivity contribution in [3.63, 3.8) is 0 Å². The van der Waals surface area contributed by atoms with Crippen LogP contribution in [0.15, 0.2) is 170 Å². The second-order valence-electron chi connectivity index (χ2n) is 24.8. The van der Waals surface area contributed by atoms with Crippen LogP contribution in [0.25, 0.3) is 44.5 Å². The third kappa shape index (κ3) is 24.0. The van der Waals surface area contributed by atoms with Crippen LogP contribution in [0, 0.1) is 16.2 Å². The number of carbonyl (C=O) groups is 2. The van der Waals surface area contributed by atoms with Crippen LogP contribution in [0.2, 0.25) is 0 Å². The Hall–Kier alpha value is -6.02. The van der Waals surface area contributed by atoms with Crippen molar-refractivity contribution in [1.82, 2.24) is 0 Å². The van der Waals surface area contributed by atoms with Gasteiger partial charge in [-0.05, 0) is 106 Å². The van der Waals surface area contributed by atoms with Crippen LogP contribution in [-0.2, 0) is 38.1 Å². The number of aliphatic hydroxyl groups excluding tert-OH is 4. The zero-order valence-electron chi connectivity index (χ0n) is 56.8. The first-order valence-corrected chi connectivity index (χ1v) is 32.9. The molecule has 0 bridgehead atoms. The summed E-state index contributed by atoms with van der Waals surface area (Å²) < 4.78 is 38.6. The zero-order chi connectivity index (χ0) is 66.8. The normalized spacial score (nSPS) is 11.8. The monoisotopic (exact) mass is 1420 g/mol. The van der Waals surface area contributed by atoms with Gasteiger partial charge in [0.05, 0.1) is 81.3 Å². The molecule has 9 rings (SSSR count). The molecule has 1 saturated heterocycles. The molecule has 0 aromatic heterocycles. The summed E-state index contributed by atoms with van der Waals surface area (Å²) in [5.74, 6) is 3.14. The number of hydrogen-bond donors (Lipinski definition) is 4. The standard InChI is InChI=1S/C39H46O7.C29H24Br2O3.C5H12O2.C4H8O.CH4.Na.H/c1-38(2,23-40)25-45-21-33-19-31(15-17-35(33)43-5)27-7-11-29(12-8-27)37(42)30-13-9-28(10-14-30)32-16-18-36(44-6)34(20-32)22-46-26-39(3,4)24-41;1-33-27-13-11-23(15-25(27)17-30)19-3-7-21(8-4-19)29(32)22-9-5-20(6-10-22)24-12-14-28(34-2)26(16-24)18-31;1-5(2,3-6)4-7;1-2-4-5-3-1;;;/h7-20,40-41H,21-26H2,1-6H3;3-16H,17-18H2,1-2H3;6-7H,3-4H2,1-2H3;1-4H2;1H4;;/q;;;;;+1;-1. The largest absolute Gasteiger partial charge is 1.00 e. The summed E-state index contributed by atoms with van der Waals surface area (Å²) in [5.41, 5.74) is 13.8. The SMILES string of the molecule is C.C1CCOC1.CC(C)(CO)CO.COc1ccc(-c2ccc(C(=O)c3ccc(-c4ccc(OC)c(CBr)c4)cc3)cc2)cc1CBr.COc1ccc(-c2ccc(C(=O)c3ccc(-c4ccc(OC)c(COCC(C)(C)CO)c4)cc3)cc2)cc1COCC(C)(C)CO.[H-].[Na+]. The Morgan fingerprint density at radius 2 is 0.628 bits per heavy atom. The molecule has 0 atom stereocenters. The van der Waals surface area contributed by atoms with Crippen molar-refractivity contribution in [2.24, 2.45) is 16.2 Å². The molecule has 500 valence electrons. The van der Waals surface area contributed by atoms with Gasteiger partial charge in [-0.3, -0.25) is 9.59 Å². The predicted molar refractivity (Wildman–Crippen MR) is 383 cm³/mol. The van der Waals surface area contributed by atoms with Gasteiger partial charge in [0.15, 0.2) is 11.6 Å². The van der Waals surface area contributed by atoms with E-state index in [1.54, 1.807) is 42.3 Å². The van der Waals surface area contributed by atoms with E-state index < -0.39 is 0 Å². The van der Waals surface area contributed by atoms with E-state index in [0.29, 0.717) is 59.3 Å². The van der Waals surface area contributed by atoms with Crippen molar-refractivity contribution in [1.29, 1.82) is 0 Å². The third-order valence-electron chi connectivity index (χ3n) is 15.4. The van der Waals surface area contributed by atoms with Gasteiger partial charge in [-0.1, -0.05) is 202 Å². The summed E-state index contributed by atoms with van der Waals surface area (Å²) in [4.78, 5) is 26.4. The van der Waals surface area contributed by atoms with Gasteiger partial charge in [0.2, 0.25) is 0 Å². The molecule has 1 fully saturated rings. The Bertz CT molecular complexity index is 3360. The van der Waals surface area contributed by atoms with E-state index in [0.717, 1.165) is 103 Å². The minimum absolute atomic E-state index is 0. The van der Waals surface area contributed by atoms with Crippen molar-refractivity contribution in [3.05, 3.63) is 214 Å². The fourth-order valence-corrected chi connectivity index (χ4v) is 10.3. The summed E-state index contributed by atoms with van der Waals surface area (Å²) in [5, 5.41) is 37.3. The van der Waals surface area contributed by atoms with Crippen LogP contribution in [0.5, 0.6) is 23.0 Å². The van der Waals surface area contributed by atoms with Crippen LogP contribution in [-0.4, -0.2) is 113 Å². The first kappa shape index (κ1) is 80.4. The smallest absolute Gasteiger partial charge is 1.00 e. The molecule has 16 heteroatoms. The number of rotatable bonds is 26. The Labute approximate surface area is 598 Å². The number of benzene rings is 8. The minimum Gasteiger partial charge on any atom is -1.00 e. The number of carbonyl (C=O) groups excluding carboxylic acids is 2. The second kappa shape index (κ2) is 39.9. The van der Waals surface area contributed by atoms with E-state index in [1.165, 1.54) is 12.8 Å². The molecular weight excluding hydrogens is 1330 g/mol. The minimum atomic E-state index is -0.318. The average molecular weight is 1420 g/mol. The van der Waals surface area contributed by atoms with Crippen LogP contribution in [0.4, 0.5) is 0 Å². The van der Waals surface area contributed by atoms with Gasteiger partial charge >= 0.3 is 29.6 Å². The molecular formula is C78H95Br2NaO13. The molecule has 1 aliphatic rings. The van der Waals surface area contributed by atoms with Gasteiger partial charge in [-0.2, -0.15) is 0 Å². The molecule has 1 heterocycles. The quantitative estimate of drug-likeness (QED) is 0.0229. The number of methoxy groups -OCH3 is 4. The Morgan fingerprint density at radius 1 is 0.394 bits per heavy atom. The molecule has 94 heavy (non-hydrogen) atoms. The van der Waals surface area contributed by atoms with Crippen molar-refractivity contribution in [2.75, 3.05) is 81.3 Å². The third-order valence-corrected chi connectivity index (χ3v) is 16.6. The van der Waals surface area contributed by atoms with E-state index in [1.807, 2.05) is 185 Å². The van der Waals surface area contributed by atoms with Gasteiger partial charge in [0.1, 0.15) is 23.0 Å². The molecule has 1 aliphatic heterocycles. The number of hydrogen-bond acceptors (Lipinski definition) is 13. The first-order chi connectivity index (χ1) is 44.2. The van der Waals surface area contributed by atoms with Crippen LogP contribution in [0.1, 0.15) is 117 Å². The van der Waals surface area contributed by atoms with E-state index >= 15 is 0 Å². The fourth-order valence-electron chi connectivity index (χ4n) is 9.38. The predicted octanol–water partition coefficient (Wildman–Crippen LogP) is 13.9. The van der Waals surface area contributed by atoms with Crippen LogP contribution in [0.3, 0.4) is 0 Å². The second-order valence-corrected chi connectivity index (χ2v) is 25.9. The molecule has 13 nitrogen and oxygen atoms in total. The topological polar surface area (TPSA) is 180 Å². The average Bonchev–Trinajstić information content (AvgIpc) is 1.09. The molecule has 0 radical (unpaired) electrons. The van der Waals surface area contributed by atoms with Gasteiger partial charge < -0.3 is 55.0 Å². The maximum absolute atomic E-state index is 13.4. The first-order valence-electron chi connectivity index (χ1n) is 30.7. The van der Waals surface area contributed by atoms with E-state index in [9.17, 15) is 19.8 Å². The van der Waals surface area contributed by atoms with E-state index in [2.05, 4.69) is 44.0 Å². The number of aliphatic hydroxyl groups is 4. The molecule has 0 amide bonds. The summed E-state index contributed by atoms with van der Waals surface area (Å²) in [6, 6.07) is 54.8. The number of halogens is 2. The van der Waals surface area contributed by atoms with E-state index in [4.69, 9.17) is 43.4 Å². The molecule has 0 spiro atoms. The Morgan fingerprint density at radius 3 is 0.830 bits per heavy atom. The summed E-state index contributed by atoms with van der Waals surface area (Å²) in [7, 11) is 6.61. The number of ketones is 2. The molecule has 0 unspecified atom stereocenters. The van der Waals surface area contributed by atoms with Crippen molar-refractivity contribution in [2.45, 2.75) is 85.7 Å². The number of alkyl halides is 2. The van der Waals surface area contributed by atoms with Gasteiger partial charge in [0.25, 0.3) is 0 Å². The maximum atomic E-state index is 13.4. The van der Waals surface area contributed by atoms with Gasteiger partial charge in [0, 0.05) is 84.6 Å². The molecule has 8 aromatic rings. The summed E-state index contributed by atoms with van der Waals surface area (Å²) in [6.07, 6.45) is 2.56. The molecule has 0 saturated carbocycles. The molecule has 4 N–H and O–H groups in total. The van der Waals surface area contributed by atoms with Crippen molar-refractivity contribution in [3.8, 4) is 67.5 Å². The Kier molecular flexibility index (Phi) is 34.1. The Balaban J connectivity index is 0.000000420. The van der Waals surface area contributed by atoms with Crippen molar-refractivity contribution < 1.29 is 94.2 Å². The fraction of sp³-hybridized carbons (Fsp3) is 0.359. The van der Waals surface area contributed by atoms with Gasteiger partial charge in [-0.15, -0.1) is 0 Å². The summed E-state index contributed by atoms with van der Waals surface area (Å²) in [6.45, 7) is 15.2. The number of ether oxygens (including phenoxy) is 7. The van der Waals surface area contributed by atoms with Crippen LogP contribution < -0.4 is 48.5 Å². The molecule has 0 aliphatic carbocycles.